The van der Waals surface area contributed by atoms with Gasteiger partial charge in [-0.15, -0.1) is 0 Å². The second-order valence-corrected chi connectivity index (χ2v) is 2.29. The third kappa shape index (κ3) is 9.23. The van der Waals surface area contributed by atoms with Crippen LogP contribution < -0.4 is 5.73 Å². The SMILES string of the molecule is NC(=O)OCCCCCC[O]. The van der Waals surface area contributed by atoms with E-state index in [2.05, 4.69) is 4.74 Å². The van der Waals surface area contributed by atoms with Gasteiger partial charge in [-0.05, 0) is 19.3 Å². The van der Waals surface area contributed by atoms with Crippen LogP contribution in [0.25, 0.3) is 0 Å². The number of hydrogen-bond acceptors (Lipinski definition) is 2. The van der Waals surface area contributed by atoms with Gasteiger partial charge in [-0.25, -0.2) is 9.90 Å². The largest absolute Gasteiger partial charge is 0.450 e. The minimum atomic E-state index is -0.728. The monoisotopic (exact) mass is 160 g/mol. The van der Waals surface area contributed by atoms with Gasteiger partial charge in [-0.3, -0.25) is 0 Å². The van der Waals surface area contributed by atoms with E-state index < -0.39 is 6.09 Å². The Morgan fingerprint density at radius 3 is 2.36 bits per heavy atom. The molecule has 4 heteroatoms. The van der Waals surface area contributed by atoms with E-state index in [4.69, 9.17) is 5.73 Å². The van der Waals surface area contributed by atoms with E-state index in [9.17, 15) is 9.90 Å². The topological polar surface area (TPSA) is 72.2 Å². The molecular formula is C7H14NO3. The van der Waals surface area contributed by atoms with Crippen LogP contribution in [0.1, 0.15) is 25.7 Å². The lowest BCUT2D eigenvalue weighted by Gasteiger charge is -1.99. The van der Waals surface area contributed by atoms with Crippen LogP contribution in [-0.2, 0) is 9.84 Å². The highest BCUT2D eigenvalue weighted by atomic mass is 16.5. The van der Waals surface area contributed by atoms with E-state index >= 15 is 0 Å². The summed E-state index contributed by atoms with van der Waals surface area (Å²) in [5.74, 6) is 0. The van der Waals surface area contributed by atoms with Crippen molar-refractivity contribution in [2.75, 3.05) is 13.2 Å². The summed E-state index contributed by atoms with van der Waals surface area (Å²) in [6, 6.07) is 0. The van der Waals surface area contributed by atoms with Gasteiger partial charge in [0.05, 0.1) is 13.2 Å². The lowest BCUT2D eigenvalue weighted by molar-refractivity contribution is 0.152. The van der Waals surface area contributed by atoms with Crippen LogP contribution in [0.5, 0.6) is 0 Å². The first-order valence-corrected chi connectivity index (χ1v) is 3.77. The molecule has 65 valence electrons. The fourth-order valence-electron chi connectivity index (χ4n) is 0.730. The number of amides is 1. The van der Waals surface area contributed by atoms with Crippen molar-refractivity contribution >= 4 is 6.09 Å². The summed E-state index contributed by atoms with van der Waals surface area (Å²) in [7, 11) is 0. The molecule has 0 aliphatic heterocycles. The molecule has 11 heavy (non-hydrogen) atoms. The van der Waals surface area contributed by atoms with Gasteiger partial charge in [0.2, 0.25) is 0 Å². The highest BCUT2D eigenvalue weighted by Gasteiger charge is 1.93. The van der Waals surface area contributed by atoms with E-state index in [0.29, 0.717) is 13.0 Å². The Bertz CT molecular complexity index is 106. The second-order valence-electron chi connectivity index (χ2n) is 2.29. The summed E-state index contributed by atoms with van der Waals surface area (Å²) in [5.41, 5.74) is 4.72. The quantitative estimate of drug-likeness (QED) is 0.590. The first-order valence-electron chi connectivity index (χ1n) is 3.77. The fourth-order valence-corrected chi connectivity index (χ4v) is 0.730. The molecule has 2 N–H and O–H groups in total. The first-order chi connectivity index (χ1) is 5.27. The Morgan fingerprint density at radius 1 is 1.18 bits per heavy atom. The average Bonchev–Trinajstić information content (AvgIpc) is 1.96. The van der Waals surface area contributed by atoms with Gasteiger partial charge in [0.25, 0.3) is 0 Å². The normalized spacial score (nSPS) is 9.55. The standard InChI is InChI=1S/C7H14NO3/c8-7(10)11-6-4-2-1-3-5-9/h1-6H2,(H2,8,10). The molecule has 0 aliphatic carbocycles. The Kier molecular flexibility index (Phi) is 6.82. The molecule has 0 saturated carbocycles. The molecule has 0 bridgehead atoms. The fraction of sp³-hybridized carbons (Fsp3) is 0.857. The zero-order valence-corrected chi connectivity index (χ0v) is 6.54. The molecule has 0 unspecified atom stereocenters. The summed E-state index contributed by atoms with van der Waals surface area (Å²) in [5, 5.41) is 9.97. The van der Waals surface area contributed by atoms with Crippen LogP contribution in [-0.4, -0.2) is 19.3 Å². The van der Waals surface area contributed by atoms with E-state index in [-0.39, 0.29) is 6.61 Å². The number of unbranched alkanes of at least 4 members (excludes halogenated alkanes) is 3. The smallest absolute Gasteiger partial charge is 0.404 e. The van der Waals surface area contributed by atoms with Gasteiger partial charge in [-0.1, -0.05) is 6.42 Å². The van der Waals surface area contributed by atoms with Crippen LogP contribution in [0.15, 0.2) is 0 Å². The molecule has 1 amide bonds. The number of hydrogen-bond donors (Lipinski definition) is 1. The van der Waals surface area contributed by atoms with Gasteiger partial charge < -0.3 is 10.5 Å². The van der Waals surface area contributed by atoms with Crippen LogP contribution in [0.2, 0.25) is 0 Å². The number of rotatable bonds is 6. The lowest BCUT2D eigenvalue weighted by Crippen LogP contribution is -2.13. The number of nitrogens with two attached hydrogens (primary N) is 1. The maximum absolute atomic E-state index is 10.0. The number of carbonyl (C=O) groups is 1. The van der Waals surface area contributed by atoms with Crippen molar-refractivity contribution < 1.29 is 14.6 Å². The summed E-state index contributed by atoms with van der Waals surface area (Å²) >= 11 is 0. The van der Waals surface area contributed by atoms with Crippen LogP contribution >= 0.6 is 0 Å². The van der Waals surface area contributed by atoms with Crippen LogP contribution in [0, 0.1) is 0 Å². The number of carbonyl (C=O) groups excluding carboxylic acids is 1. The third-order valence-electron chi connectivity index (χ3n) is 1.28. The Morgan fingerprint density at radius 2 is 1.82 bits per heavy atom. The zero-order valence-electron chi connectivity index (χ0n) is 6.54. The van der Waals surface area contributed by atoms with Gasteiger partial charge >= 0.3 is 6.09 Å². The van der Waals surface area contributed by atoms with Gasteiger partial charge in [0, 0.05) is 0 Å². The van der Waals surface area contributed by atoms with Crippen molar-refractivity contribution in [1.29, 1.82) is 0 Å². The Balaban J connectivity index is 2.85. The Hall–Kier alpha value is -0.770. The molecule has 0 aromatic carbocycles. The molecule has 0 heterocycles. The van der Waals surface area contributed by atoms with Crippen molar-refractivity contribution in [2.45, 2.75) is 25.7 Å². The van der Waals surface area contributed by atoms with Crippen LogP contribution in [0.4, 0.5) is 4.79 Å². The molecule has 1 radical (unpaired) electrons. The summed E-state index contributed by atoms with van der Waals surface area (Å²) < 4.78 is 4.48. The highest BCUT2D eigenvalue weighted by Crippen LogP contribution is 1.98. The maximum atomic E-state index is 10.0. The predicted molar refractivity (Wildman–Crippen MR) is 39.6 cm³/mol. The minimum absolute atomic E-state index is 0.0172. The van der Waals surface area contributed by atoms with Gasteiger partial charge in [0.1, 0.15) is 0 Å². The second kappa shape index (κ2) is 7.34. The van der Waals surface area contributed by atoms with Crippen molar-refractivity contribution in [2.24, 2.45) is 5.73 Å². The van der Waals surface area contributed by atoms with E-state index in [1.165, 1.54) is 0 Å². The van der Waals surface area contributed by atoms with Gasteiger partial charge in [0.15, 0.2) is 0 Å². The highest BCUT2D eigenvalue weighted by molar-refractivity contribution is 5.64. The molecular weight excluding hydrogens is 146 g/mol. The van der Waals surface area contributed by atoms with Gasteiger partial charge in [-0.2, -0.15) is 0 Å². The molecule has 0 atom stereocenters. The van der Waals surface area contributed by atoms with Crippen molar-refractivity contribution in [1.82, 2.24) is 0 Å². The van der Waals surface area contributed by atoms with Crippen molar-refractivity contribution in [3.05, 3.63) is 0 Å². The third-order valence-corrected chi connectivity index (χ3v) is 1.28. The van der Waals surface area contributed by atoms with Crippen molar-refractivity contribution in [3.8, 4) is 0 Å². The maximum Gasteiger partial charge on any atom is 0.404 e. The molecule has 0 rings (SSSR count). The molecule has 0 saturated heterocycles. The van der Waals surface area contributed by atoms with Crippen molar-refractivity contribution in [3.63, 3.8) is 0 Å². The van der Waals surface area contributed by atoms with E-state index in [1.54, 1.807) is 0 Å². The first kappa shape index (κ1) is 10.2. The molecule has 0 aromatic rings. The minimum Gasteiger partial charge on any atom is -0.450 e. The molecule has 0 aliphatic rings. The predicted octanol–water partition coefficient (Wildman–Crippen LogP) is 1.07. The zero-order chi connectivity index (χ0) is 8.53. The number of ether oxygens (including phenoxy) is 1. The molecule has 0 aromatic heterocycles. The summed E-state index contributed by atoms with van der Waals surface area (Å²) in [4.78, 5) is 10.0. The average molecular weight is 160 g/mol. The van der Waals surface area contributed by atoms with E-state index in [1.807, 2.05) is 0 Å². The summed E-state index contributed by atoms with van der Waals surface area (Å²) in [6.45, 7) is 0.352. The van der Waals surface area contributed by atoms with Crippen LogP contribution in [0.3, 0.4) is 0 Å². The lowest BCUT2D eigenvalue weighted by atomic mass is 10.2. The molecule has 0 fully saturated rings. The molecule has 0 spiro atoms. The van der Waals surface area contributed by atoms with E-state index in [0.717, 1.165) is 19.3 Å². The number of primary amides is 1. The Labute approximate surface area is 66.3 Å². The summed E-state index contributed by atoms with van der Waals surface area (Å²) in [6.07, 6.45) is 2.61. The molecule has 4 nitrogen and oxygen atoms in total.